The first-order valence-corrected chi connectivity index (χ1v) is 10.9. The van der Waals surface area contributed by atoms with Gasteiger partial charge in [0.05, 0.1) is 5.69 Å². The molecule has 1 N–H and O–H groups in total. The van der Waals surface area contributed by atoms with E-state index in [1.165, 1.54) is 12.8 Å². The first-order valence-electron chi connectivity index (χ1n) is 10.6. The Balaban J connectivity index is 1.46. The number of benzene rings is 1. The number of ether oxygens (including phenoxy) is 1. The summed E-state index contributed by atoms with van der Waals surface area (Å²) in [7, 11) is 0. The Labute approximate surface area is 181 Å². The molecule has 1 aromatic heterocycles. The second kappa shape index (κ2) is 9.04. The lowest BCUT2D eigenvalue weighted by Gasteiger charge is -2.29. The van der Waals surface area contributed by atoms with Crippen LogP contribution in [0, 0.1) is 5.92 Å². The number of anilines is 1. The van der Waals surface area contributed by atoms with Gasteiger partial charge in [0.1, 0.15) is 5.56 Å². The van der Waals surface area contributed by atoms with Crippen LogP contribution in [0.15, 0.2) is 36.5 Å². The Morgan fingerprint density at radius 2 is 2.13 bits per heavy atom. The molecule has 30 heavy (non-hydrogen) atoms. The van der Waals surface area contributed by atoms with Crippen molar-refractivity contribution in [3.8, 4) is 11.6 Å². The largest absolute Gasteiger partial charge is 0.436 e. The van der Waals surface area contributed by atoms with Crippen molar-refractivity contribution in [1.82, 2.24) is 10.3 Å². The normalized spacial score (nSPS) is 20.6. The number of amides is 2. The third-order valence-corrected chi connectivity index (χ3v) is 6.14. The smallest absolute Gasteiger partial charge is 0.263 e. The molecule has 158 valence electrons. The van der Waals surface area contributed by atoms with Crippen LogP contribution in [-0.4, -0.2) is 29.4 Å². The summed E-state index contributed by atoms with van der Waals surface area (Å²) < 4.78 is 5.89. The molecule has 2 aromatic rings. The number of nitrogens with one attached hydrogen (secondary N) is 1. The molecule has 4 rings (SSSR count). The maximum atomic E-state index is 13.2. The Morgan fingerprint density at radius 3 is 2.97 bits per heavy atom. The minimum absolute atomic E-state index is 0.0423. The number of hydrogen-bond donors (Lipinski definition) is 1. The third kappa shape index (κ3) is 4.43. The Kier molecular flexibility index (Phi) is 6.23. The van der Waals surface area contributed by atoms with Crippen LogP contribution in [0.4, 0.5) is 5.69 Å². The second-order valence-corrected chi connectivity index (χ2v) is 8.50. The topological polar surface area (TPSA) is 71.5 Å². The van der Waals surface area contributed by atoms with Crippen LogP contribution in [0.2, 0.25) is 5.02 Å². The fourth-order valence-electron chi connectivity index (χ4n) is 4.21. The highest BCUT2D eigenvalue weighted by Crippen LogP contribution is 2.39. The van der Waals surface area contributed by atoms with Crippen molar-refractivity contribution < 1.29 is 14.3 Å². The standard InChI is InChI=1S/C23H26ClN3O3/c1-15-6-2-3-8-18(15)26-21(28)9-5-13-27-19-14-16(24)10-11-20(19)30-22-17(23(27)29)7-4-12-25-22/h4,7,10-12,14-15,18H,2-3,5-6,8-9,13H2,1H3,(H,26,28)/t15-,18+/m0/s1. The number of pyridine rings is 1. The Bertz CT molecular complexity index is 949. The molecule has 2 amide bonds. The van der Waals surface area contributed by atoms with Gasteiger partial charge in [-0.2, -0.15) is 0 Å². The summed E-state index contributed by atoms with van der Waals surface area (Å²) in [6, 6.07) is 8.83. The molecule has 0 spiro atoms. The lowest BCUT2D eigenvalue weighted by molar-refractivity contribution is -0.122. The summed E-state index contributed by atoms with van der Waals surface area (Å²) in [6.07, 6.45) is 7.12. The molecule has 1 aliphatic heterocycles. The predicted molar refractivity (Wildman–Crippen MR) is 116 cm³/mol. The Hall–Kier alpha value is -2.60. The maximum Gasteiger partial charge on any atom is 0.263 e. The quantitative estimate of drug-likeness (QED) is 0.731. The van der Waals surface area contributed by atoms with Gasteiger partial charge in [-0.25, -0.2) is 4.98 Å². The van der Waals surface area contributed by atoms with Crippen molar-refractivity contribution in [2.45, 2.75) is 51.5 Å². The summed E-state index contributed by atoms with van der Waals surface area (Å²) in [6.45, 7) is 2.59. The fraction of sp³-hybridized carbons (Fsp3) is 0.435. The first-order chi connectivity index (χ1) is 14.5. The molecule has 2 heterocycles. The van der Waals surface area contributed by atoms with E-state index >= 15 is 0 Å². The fourth-order valence-corrected chi connectivity index (χ4v) is 4.38. The molecule has 2 atom stereocenters. The van der Waals surface area contributed by atoms with Gasteiger partial charge in [-0.3, -0.25) is 9.59 Å². The summed E-state index contributed by atoms with van der Waals surface area (Å²) in [5, 5.41) is 3.69. The molecule has 6 nitrogen and oxygen atoms in total. The Morgan fingerprint density at radius 1 is 1.30 bits per heavy atom. The number of halogens is 1. The number of carbonyl (C=O) groups is 2. The van der Waals surface area contributed by atoms with Crippen molar-refractivity contribution in [3.63, 3.8) is 0 Å². The number of carbonyl (C=O) groups excluding carboxylic acids is 2. The molecular formula is C23H26ClN3O3. The lowest BCUT2D eigenvalue weighted by Crippen LogP contribution is -2.41. The van der Waals surface area contributed by atoms with Crippen LogP contribution >= 0.6 is 11.6 Å². The molecular weight excluding hydrogens is 402 g/mol. The maximum absolute atomic E-state index is 13.2. The zero-order valence-corrected chi connectivity index (χ0v) is 17.8. The molecule has 1 aliphatic carbocycles. The second-order valence-electron chi connectivity index (χ2n) is 8.07. The number of rotatable bonds is 5. The van der Waals surface area contributed by atoms with E-state index in [9.17, 15) is 9.59 Å². The number of nitrogens with zero attached hydrogens (tertiary/aromatic N) is 2. The van der Waals surface area contributed by atoms with Gasteiger partial charge in [-0.1, -0.05) is 31.4 Å². The van der Waals surface area contributed by atoms with E-state index in [4.69, 9.17) is 16.3 Å². The SMILES string of the molecule is C[C@H]1CCCC[C@H]1NC(=O)CCCN1C(=O)c2cccnc2Oc2ccc(Cl)cc21. The zero-order valence-electron chi connectivity index (χ0n) is 17.1. The first kappa shape index (κ1) is 20.7. The average molecular weight is 428 g/mol. The minimum Gasteiger partial charge on any atom is -0.436 e. The van der Waals surface area contributed by atoms with Crippen LogP contribution in [0.3, 0.4) is 0 Å². The molecule has 0 unspecified atom stereocenters. The van der Waals surface area contributed by atoms with Crippen molar-refractivity contribution in [2.24, 2.45) is 5.92 Å². The number of hydrogen-bond acceptors (Lipinski definition) is 4. The van der Waals surface area contributed by atoms with Crippen molar-refractivity contribution >= 4 is 29.1 Å². The van der Waals surface area contributed by atoms with E-state index in [1.807, 2.05) is 0 Å². The number of fused-ring (bicyclic) bond motifs is 2. The molecule has 1 fully saturated rings. The van der Waals surface area contributed by atoms with Crippen LogP contribution in [0.5, 0.6) is 11.6 Å². The van der Waals surface area contributed by atoms with Gasteiger partial charge in [0.25, 0.3) is 5.91 Å². The van der Waals surface area contributed by atoms with Crippen molar-refractivity contribution in [1.29, 1.82) is 0 Å². The van der Waals surface area contributed by atoms with Gasteiger partial charge in [0.15, 0.2) is 5.75 Å². The minimum atomic E-state index is -0.208. The van der Waals surface area contributed by atoms with Crippen LogP contribution in [-0.2, 0) is 4.79 Å². The molecule has 0 radical (unpaired) electrons. The van der Waals surface area contributed by atoms with Gasteiger partial charge in [0.2, 0.25) is 11.8 Å². The molecule has 1 saturated carbocycles. The monoisotopic (exact) mass is 427 g/mol. The van der Waals surface area contributed by atoms with E-state index in [2.05, 4.69) is 17.2 Å². The summed E-state index contributed by atoms with van der Waals surface area (Å²) in [5.41, 5.74) is 0.983. The number of aromatic nitrogens is 1. The zero-order chi connectivity index (χ0) is 21.1. The van der Waals surface area contributed by atoms with Gasteiger partial charge < -0.3 is 15.0 Å². The molecule has 1 aromatic carbocycles. The van der Waals surface area contributed by atoms with E-state index in [-0.39, 0.29) is 23.7 Å². The highest BCUT2D eigenvalue weighted by atomic mass is 35.5. The molecule has 7 heteroatoms. The van der Waals surface area contributed by atoms with Crippen molar-refractivity contribution in [3.05, 3.63) is 47.1 Å². The van der Waals surface area contributed by atoms with Crippen LogP contribution in [0.1, 0.15) is 55.8 Å². The summed E-state index contributed by atoms with van der Waals surface area (Å²) in [4.78, 5) is 31.5. The summed E-state index contributed by atoms with van der Waals surface area (Å²) >= 11 is 6.19. The predicted octanol–water partition coefficient (Wildman–Crippen LogP) is 4.96. The van der Waals surface area contributed by atoms with Gasteiger partial charge >= 0.3 is 0 Å². The third-order valence-electron chi connectivity index (χ3n) is 5.91. The van der Waals surface area contributed by atoms with Gasteiger partial charge in [0, 0.05) is 30.2 Å². The van der Waals surface area contributed by atoms with Crippen molar-refractivity contribution in [2.75, 3.05) is 11.4 Å². The van der Waals surface area contributed by atoms with E-state index in [1.54, 1.807) is 41.4 Å². The highest BCUT2D eigenvalue weighted by Gasteiger charge is 2.29. The van der Waals surface area contributed by atoms with E-state index in [0.717, 1.165) is 12.8 Å². The average Bonchev–Trinajstić information content (AvgIpc) is 2.85. The summed E-state index contributed by atoms with van der Waals surface area (Å²) in [5.74, 6) is 1.15. The van der Waals surface area contributed by atoms with Gasteiger partial charge in [-0.15, -0.1) is 0 Å². The molecule has 2 aliphatic rings. The highest BCUT2D eigenvalue weighted by molar-refractivity contribution is 6.31. The van der Waals surface area contributed by atoms with Crippen LogP contribution in [0.25, 0.3) is 0 Å². The van der Waals surface area contributed by atoms with E-state index < -0.39 is 0 Å². The van der Waals surface area contributed by atoms with Crippen LogP contribution < -0.4 is 15.0 Å². The van der Waals surface area contributed by atoms with Gasteiger partial charge in [-0.05, 0) is 55.5 Å². The lowest BCUT2D eigenvalue weighted by atomic mass is 9.86. The molecule has 0 saturated heterocycles. The molecule has 0 bridgehead atoms. The van der Waals surface area contributed by atoms with E-state index in [0.29, 0.717) is 47.3 Å².